The summed E-state index contributed by atoms with van der Waals surface area (Å²) in [6.45, 7) is 0.110. The van der Waals surface area contributed by atoms with Gasteiger partial charge in [-0.25, -0.2) is 4.39 Å². The summed E-state index contributed by atoms with van der Waals surface area (Å²) in [5, 5.41) is 13.2. The molecular formula is C28H20FNO3. The quantitative estimate of drug-likeness (QED) is 0.257. The fraction of sp³-hybridized carbons (Fsp3) is 0.0714. The van der Waals surface area contributed by atoms with Crippen LogP contribution in [0.2, 0.25) is 0 Å². The highest BCUT2D eigenvalue weighted by molar-refractivity contribution is 6.46. The third-order valence-electron chi connectivity index (χ3n) is 5.94. The molecule has 0 aromatic heterocycles. The summed E-state index contributed by atoms with van der Waals surface area (Å²) in [5.74, 6) is -2.03. The molecule has 0 saturated carbocycles. The summed E-state index contributed by atoms with van der Waals surface area (Å²) in [5.41, 5.74) is 1.91. The molecule has 1 N–H and O–H groups in total. The van der Waals surface area contributed by atoms with E-state index < -0.39 is 17.7 Å². The zero-order valence-electron chi connectivity index (χ0n) is 17.6. The summed E-state index contributed by atoms with van der Waals surface area (Å²) < 4.78 is 13.4. The predicted octanol–water partition coefficient (Wildman–Crippen LogP) is 5.60. The number of carbonyl (C=O) groups excluding carboxylic acids is 2. The van der Waals surface area contributed by atoms with Gasteiger partial charge in [-0.05, 0) is 40.1 Å². The molecule has 0 spiro atoms. The van der Waals surface area contributed by atoms with E-state index in [0.29, 0.717) is 16.7 Å². The maximum atomic E-state index is 13.4. The van der Waals surface area contributed by atoms with E-state index in [-0.39, 0.29) is 23.7 Å². The smallest absolute Gasteiger partial charge is 0.295 e. The van der Waals surface area contributed by atoms with E-state index in [0.717, 1.165) is 10.8 Å². The molecular weight excluding hydrogens is 417 g/mol. The molecule has 5 rings (SSSR count). The Hall–Kier alpha value is -4.25. The fourth-order valence-corrected chi connectivity index (χ4v) is 4.30. The van der Waals surface area contributed by atoms with Crippen LogP contribution < -0.4 is 0 Å². The maximum absolute atomic E-state index is 13.4. The Balaban J connectivity index is 1.64. The number of aliphatic hydroxyl groups is 1. The molecule has 1 heterocycles. The number of nitrogens with zero attached hydrogens (tertiary/aromatic N) is 1. The molecule has 4 aromatic carbocycles. The van der Waals surface area contributed by atoms with Gasteiger partial charge in [-0.3, -0.25) is 9.59 Å². The van der Waals surface area contributed by atoms with Gasteiger partial charge in [0.2, 0.25) is 0 Å². The molecule has 33 heavy (non-hydrogen) atoms. The Morgan fingerprint density at radius 3 is 2.21 bits per heavy atom. The van der Waals surface area contributed by atoms with E-state index in [1.54, 1.807) is 24.3 Å². The van der Waals surface area contributed by atoms with Gasteiger partial charge in [0.25, 0.3) is 11.7 Å². The van der Waals surface area contributed by atoms with Crippen LogP contribution >= 0.6 is 0 Å². The number of amides is 1. The predicted molar refractivity (Wildman–Crippen MR) is 125 cm³/mol. The number of hydrogen-bond acceptors (Lipinski definition) is 3. The maximum Gasteiger partial charge on any atom is 0.295 e. The van der Waals surface area contributed by atoms with Gasteiger partial charge in [-0.1, -0.05) is 78.9 Å². The number of likely N-dealkylation sites (tertiary alicyclic amines) is 1. The first-order chi connectivity index (χ1) is 16.0. The van der Waals surface area contributed by atoms with Crippen molar-refractivity contribution in [3.05, 3.63) is 125 Å². The number of rotatable bonds is 4. The normalized spacial score (nSPS) is 17.6. The van der Waals surface area contributed by atoms with Crippen LogP contribution in [0.4, 0.5) is 4.39 Å². The molecule has 1 amide bonds. The summed E-state index contributed by atoms with van der Waals surface area (Å²) >= 11 is 0. The third-order valence-corrected chi connectivity index (χ3v) is 5.94. The zero-order chi connectivity index (χ0) is 22.9. The number of hydrogen-bond donors (Lipinski definition) is 1. The number of halogens is 1. The van der Waals surface area contributed by atoms with Gasteiger partial charge in [-0.2, -0.15) is 0 Å². The van der Waals surface area contributed by atoms with Gasteiger partial charge in [0.1, 0.15) is 11.6 Å². The highest BCUT2D eigenvalue weighted by atomic mass is 19.1. The molecule has 162 valence electrons. The first-order valence-corrected chi connectivity index (χ1v) is 10.6. The number of ketones is 1. The first kappa shape index (κ1) is 20.6. The van der Waals surface area contributed by atoms with Crippen LogP contribution in [-0.2, 0) is 16.1 Å². The Kier molecular flexibility index (Phi) is 5.23. The van der Waals surface area contributed by atoms with Crippen molar-refractivity contribution in [3.63, 3.8) is 0 Å². The van der Waals surface area contributed by atoms with Crippen molar-refractivity contribution >= 4 is 28.2 Å². The largest absolute Gasteiger partial charge is 0.507 e. The van der Waals surface area contributed by atoms with Gasteiger partial charge in [0.05, 0.1) is 11.6 Å². The van der Waals surface area contributed by atoms with Crippen molar-refractivity contribution in [2.24, 2.45) is 0 Å². The third kappa shape index (κ3) is 3.78. The van der Waals surface area contributed by atoms with Crippen molar-refractivity contribution < 1.29 is 19.1 Å². The molecule has 1 aliphatic heterocycles. The van der Waals surface area contributed by atoms with Crippen LogP contribution in [0.15, 0.2) is 103 Å². The van der Waals surface area contributed by atoms with Gasteiger partial charge >= 0.3 is 0 Å². The van der Waals surface area contributed by atoms with E-state index in [9.17, 15) is 19.1 Å². The Bertz CT molecular complexity index is 1390. The molecule has 1 unspecified atom stereocenters. The summed E-state index contributed by atoms with van der Waals surface area (Å²) in [6.07, 6.45) is 0. The number of carbonyl (C=O) groups is 2. The van der Waals surface area contributed by atoms with Crippen LogP contribution in [0.25, 0.3) is 16.5 Å². The monoisotopic (exact) mass is 437 g/mol. The minimum atomic E-state index is -0.761. The van der Waals surface area contributed by atoms with Crippen molar-refractivity contribution in [3.8, 4) is 0 Å². The molecule has 0 aliphatic carbocycles. The Morgan fingerprint density at radius 1 is 0.818 bits per heavy atom. The van der Waals surface area contributed by atoms with Crippen molar-refractivity contribution in [1.29, 1.82) is 0 Å². The second-order valence-electron chi connectivity index (χ2n) is 8.03. The van der Waals surface area contributed by atoms with Crippen molar-refractivity contribution in [1.82, 2.24) is 4.90 Å². The topological polar surface area (TPSA) is 57.6 Å². The lowest BCUT2D eigenvalue weighted by Crippen LogP contribution is -2.29. The molecule has 5 heteroatoms. The van der Waals surface area contributed by atoms with Gasteiger partial charge in [0, 0.05) is 12.1 Å². The lowest BCUT2D eigenvalue weighted by Gasteiger charge is -2.25. The number of benzene rings is 4. The highest BCUT2D eigenvalue weighted by Gasteiger charge is 2.46. The minimum Gasteiger partial charge on any atom is -0.507 e. The summed E-state index contributed by atoms with van der Waals surface area (Å²) in [6, 6.07) is 27.3. The summed E-state index contributed by atoms with van der Waals surface area (Å²) in [7, 11) is 0. The Morgan fingerprint density at radius 2 is 1.48 bits per heavy atom. The highest BCUT2D eigenvalue weighted by Crippen LogP contribution is 2.40. The van der Waals surface area contributed by atoms with Crippen LogP contribution in [0.1, 0.15) is 22.7 Å². The Labute approximate surface area is 190 Å². The standard InChI is InChI=1S/C28H20FNO3/c29-23-14-10-18(11-15-23)17-30-25(20-7-2-1-3-8-20)24(27(32)28(30)33)26(31)22-13-12-19-6-4-5-9-21(19)16-22/h1-16,25,31H,17H2/b26-24-. The average Bonchev–Trinajstić information content (AvgIpc) is 3.10. The van der Waals surface area contributed by atoms with E-state index >= 15 is 0 Å². The molecule has 1 aliphatic rings. The summed E-state index contributed by atoms with van der Waals surface area (Å²) in [4.78, 5) is 27.7. The molecule has 4 nitrogen and oxygen atoms in total. The van der Waals surface area contributed by atoms with Crippen LogP contribution in [0, 0.1) is 5.82 Å². The lowest BCUT2D eigenvalue weighted by molar-refractivity contribution is -0.140. The second kappa shape index (κ2) is 8.36. The van der Waals surface area contributed by atoms with Crippen molar-refractivity contribution in [2.75, 3.05) is 0 Å². The number of aliphatic hydroxyl groups excluding tert-OH is 1. The number of Topliss-reactive ketones (excluding diaryl/α,β-unsaturated/α-hetero) is 1. The molecule has 1 saturated heterocycles. The zero-order valence-corrected chi connectivity index (χ0v) is 17.6. The SMILES string of the molecule is O=C1C(=O)N(Cc2ccc(F)cc2)C(c2ccccc2)/C1=C(/O)c1ccc2ccccc2c1. The van der Waals surface area contributed by atoms with E-state index in [1.165, 1.54) is 17.0 Å². The second-order valence-corrected chi connectivity index (χ2v) is 8.03. The van der Waals surface area contributed by atoms with Crippen LogP contribution in [-0.4, -0.2) is 21.7 Å². The first-order valence-electron chi connectivity index (χ1n) is 10.6. The van der Waals surface area contributed by atoms with Crippen LogP contribution in [0.5, 0.6) is 0 Å². The molecule has 1 atom stereocenters. The number of fused-ring (bicyclic) bond motifs is 1. The van der Waals surface area contributed by atoms with E-state index in [1.807, 2.05) is 60.7 Å². The van der Waals surface area contributed by atoms with Gasteiger partial charge in [0.15, 0.2) is 0 Å². The van der Waals surface area contributed by atoms with E-state index in [4.69, 9.17) is 0 Å². The molecule has 1 fully saturated rings. The molecule has 4 aromatic rings. The van der Waals surface area contributed by atoms with Crippen LogP contribution in [0.3, 0.4) is 0 Å². The minimum absolute atomic E-state index is 0.0450. The molecule has 0 radical (unpaired) electrons. The average molecular weight is 437 g/mol. The van der Waals surface area contributed by atoms with Gasteiger partial charge in [-0.15, -0.1) is 0 Å². The fourth-order valence-electron chi connectivity index (χ4n) is 4.30. The van der Waals surface area contributed by atoms with E-state index in [2.05, 4.69) is 0 Å². The lowest BCUT2D eigenvalue weighted by atomic mass is 9.94. The molecule has 0 bridgehead atoms. The van der Waals surface area contributed by atoms with Gasteiger partial charge < -0.3 is 10.0 Å². The van der Waals surface area contributed by atoms with Crippen molar-refractivity contribution in [2.45, 2.75) is 12.6 Å².